The third-order valence-electron chi connectivity index (χ3n) is 3.57. The highest BCUT2D eigenvalue weighted by atomic mass is 79.9. The smallest absolute Gasteiger partial charge is 0.320 e. The zero-order valence-electron chi connectivity index (χ0n) is 10.8. The molecule has 3 nitrogen and oxygen atoms in total. The summed E-state index contributed by atoms with van der Waals surface area (Å²) in [7, 11) is 0. The van der Waals surface area contributed by atoms with Crippen LogP contribution in [0.3, 0.4) is 0 Å². The van der Waals surface area contributed by atoms with Crippen molar-refractivity contribution < 1.29 is 14.3 Å². The molecule has 0 amide bonds. The normalized spacial score (nSPS) is 24.4. The Morgan fingerprint density at radius 3 is 2.89 bits per heavy atom. The van der Waals surface area contributed by atoms with Crippen molar-refractivity contribution in [1.82, 2.24) is 4.90 Å². The fourth-order valence-corrected chi connectivity index (χ4v) is 3.09. The molecule has 0 aromatic heterocycles. The number of carboxylic acids is 1. The van der Waals surface area contributed by atoms with Crippen molar-refractivity contribution in [2.75, 3.05) is 6.54 Å². The van der Waals surface area contributed by atoms with E-state index in [2.05, 4.69) is 22.9 Å². The molecule has 1 saturated heterocycles. The Morgan fingerprint density at radius 2 is 2.26 bits per heavy atom. The van der Waals surface area contributed by atoms with E-state index in [9.17, 15) is 14.3 Å². The zero-order chi connectivity index (χ0) is 14.0. The third-order valence-corrected chi connectivity index (χ3v) is 4.03. The monoisotopic (exact) mass is 329 g/mol. The SMILES string of the molecule is CC1CCN(Cc2cc(F)cc(Br)c2)C(C(=O)O)C1. The van der Waals surface area contributed by atoms with E-state index in [1.165, 1.54) is 12.1 Å². The number of hydrogen-bond donors (Lipinski definition) is 1. The molecule has 1 aliphatic heterocycles. The number of hydrogen-bond acceptors (Lipinski definition) is 2. The second-order valence-corrected chi connectivity index (χ2v) is 6.15. The van der Waals surface area contributed by atoms with Crippen molar-refractivity contribution in [2.45, 2.75) is 32.4 Å². The van der Waals surface area contributed by atoms with Gasteiger partial charge < -0.3 is 5.11 Å². The van der Waals surface area contributed by atoms with Gasteiger partial charge in [-0.3, -0.25) is 9.69 Å². The number of benzene rings is 1. The highest BCUT2D eigenvalue weighted by molar-refractivity contribution is 9.10. The molecular formula is C14H17BrFNO2. The lowest BCUT2D eigenvalue weighted by molar-refractivity contribution is -0.145. The number of carboxylic acid groups (broad SMARTS) is 1. The van der Waals surface area contributed by atoms with Gasteiger partial charge in [0.05, 0.1) is 0 Å². The summed E-state index contributed by atoms with van der Waals surface area (Å²) < 4.78 is 14.0. The standard InChI is InChI=1S/C14H17BrFNO2/c1-9-2-3-17(13(4-9)14(18)19)8-10-5-11(15)7-12(16)6-10/h5-7,9,13H,2-4,8H2,1H3,(H,18,19). The van der Waals surface area contributed by atoms with Gasteiger partial charge in [-0.15, -0.1) is 0 Å². The lowest BCUT2D eigenvalue weighted by Gasteiger charge is -2.36. The summed E-state index contributed by atoms with van der Waals surface area (Å²) in [5, 5.41) is 9.29. The first-order valence-electron chi connectivity index (χ1n) is 6.37. The quantitative estimate of drug-likeness (QED) is 0.925. The van der Waals surface area contributed by atoms with Crippen LogP contribution in [0.5, 0.6) is 0 Å². The fourth-order valence-electron chi connectivity index (χ4n) is 2.57. The molecule has 0 aliphatic carbocycles. The highest BCUT2D eigenvalue weighted by Gasteiger charge is 2.31. The van der Waals surface area contributed by atoms with Gasteiger partial charge in [0.1, 0.15) is 11.9 Å². The maximum Gasteiger partial charge on any atom is 0.320 e. The molecule has 1 fully saturated rings. The Bertz CT molecular complexity index is 460. The number of piperidine rings is 1. The van der Waals surface area contributed by atoms with E-state index in [-0.39, 0.29) is 5.82 Å². The minimum absolute atomic E-state index is 0.304. The molecule has 1 aromatic rings. The van der Waals surface area contributed by atoms with E-state index in [4.69, 9.17) is 0 Å². The Labute approximate surface area is 120 Å². The molecule has 1 aromatic carbocycles. The summed E-state index contributed by atoms with van der Waals surface area (Å²) in [4.78, 5) is 13.2. The van der Waals surface area contributed by atoms with Gasteiger partial charge in [-0.05, 0) is 49.1 Å². The first-order chi connectivity index (χ1) is 8.95. The Morgan fingerprint density at radius 1 is 1.53 bits per heavy atom. The molecule has 2 atom stereocenters. The second-order valence-electron chi connectivity index (χ2n) is 5.23. The van der Waals surface area contributed by atoms with Crippen molar-refractivity contribution in [1.29, 1.82) is 0 Å². The van der Waals surface area contributed by atoms with E-state index < -0.39 is 12.0 Å². The highest BCUT2D eigenvalue weighted by Crippen LogP contribution is 2.25. The largest absolute Gasteiger partial charge is 0.480 e. The van der Waals surface area contributed by atoms with Crippen LogP contribution in [0.25, 0.3) is 0 Å². The van der Waals surface area contributed by atoms with Crippen LogP contribution in [0.1, 0.15) is 25.3 Å². The molecule has 104 valence electrons. The number of aliphatic carboxylic acids is 1. The van der Waals surface area contributed by atoms with Gasteiger partial charge in [0.2, 0.25) is 0 Å². The lowest BCUT2D eigenvalue weighted by atomic mass is 9.92. The van der Waals surface area contributed by atoms with Crippen LogP contribution in [0, 0.1) is 11.7 Å². The average Bonchev–Trinajstić information content (AvgIpc) is 2.30. The minimum atomic E-state index is -0.790. The molecule has 1 heterocycles. The van der Waals surface area contributed by atoms with Crippen molar-refractivity contribution >= 4 is 21.9 Å². The molecule has 5 heteroatoms. The third kappa shape index (κ3) is 3.76. The number of halogens is 2. The van der Waals surface area contributed by atoms with E-state index in [1.54, 1.807) is 0 Å². The van der Waals surface area contributed by atoms with Crippen LogP contribution in [0.2, 0.25) is 0 Å². The first kappa shape index (κ1) is 14.5. The molecule has 1 N–H and O–H groups in total. The van der Waals surface area contributed by atoms with Crippen LogP contribution in [-0.4, -0.2) is 28.6 Å². The van der Waals surface area contributed by atoms with Gasteiger partial charge in [-0.1, -0.05) is 22.9 Å². The molecular weight excluding hydrogens is 313 g/mol. The number of carbonyl (C=O) groups is 1. The van der Waals surface area contributed by atoms with E-state index in [0.29, 0.717) is 23.4 Å². The molecule has 0 spiro atoms. The number of likely N-dealkylation sites (tertiary alicyclic amines) is 1. The van der Waals surface area contributed by atoms with Crippen LogP contribution < -0.4 is 0 Å². The summed E-state index contributed by atoms with van der Waals surface area (Å²) in [6.07, 6.45) is 1.64. The summed E-state index contributed by atoms with van der Waals surface area (Å²) in [5.74, 6) is -0.666. The maximum atomic E-state index is 13.3. The number of nitrogens with zero attached hydrogens (tertiary/aromatic N) is 1. The summed E-state index contributed by atoms with van der Waals surface area (Å²) in [6.45, 7) is 3.29. The Kier molecular flexibility index (Phi) is 4.58. The predicted octanol–water partition coefficient (Wildman–Crippen LogP) is 3.27. The van der Waals surface area contributed by atoms with E-state index in [1.807, 2.05) is 11.0 Å². The molecule has 2 unspecified atom stereocenters. The van der Waals surface area contributed by atoms with Crippen LogP contribution in [0.15, 0.2) is 22.7 Å². The van der Waals surface area contributed by atoms with Crippen molar-refractivity contribution in [3.8, 4) is 0 Å². The first-order valence-corrected chi connectivity index (χ1v) is 7.17. The van der Waals surface area contributed by atoms with Gasteiger partial charge in [0, 0.05) is 11.0 Å². The zero-order valence-corrected chi connectivity index (χ0v) is 12.4. The minimum Gasteiger partial charge on any atom is -0.480 e. The summed E-state index contributed by atoms with van der Waals surface area (Å²) in [5.41, 5.74) is 0.799. The Balaban J connectivity index is 2.14. The van der Waals surface area contributed by atoms with Gasteiger partial charge in [0.25, 0.3) is 0 Å². The summed E-state index contributed by atoms with van der Waals surface area (Å²) >= 11 is 3.26. The van der Waals surface area contributed by atoms with Gasteiger partial charge in [-0.2, -0.15) is 0 Å². The van der Waals surface area contributed by atoms with Gasteiger partial charge >= 0.3 is 5.97 Å². The predicted molar refractivity (Wildman–Crippen MR) is 74.3 cm³/mol. The van der Waals surface area contributed by atoms with E-state index in [0.717, 1.165) is 18.5 Å². The molecule has 2 rings (SSSR count). The van der Waals surface area contributed by atoms with Crippen LogP contribution >= 0.6 is 15.9 Å². The van der Waals surface area contributed by atoms with Gasteiger partial charge in [0.15, 0.2) is 0 Å². The van der Waals surface area contributed by atoms with Crippen molar-refractivity contribution in [3.05, 3.63) is 34.1 Å². The molecule has 19 heavy (non-hydrogen) atoms. The molecule has 1 aliphatic rings. The van der Waals surface area contributed by atoms with Crippen LogP contribution in [-0.2, 0) is 11.3 Å². The average molecular weight is 330 g/mol. The fraction of sp³-hybridized carbons (Fsp3) is 0.500. The second kappa shape index (κ2) is 6.01. The molecule has 0 radical (unpaired) electrons. The maximum absolute atomic E-state index is 13.3. The topological polar surface area (TPSA) is 40.5 Å². The van der Waals surface area contributed by atoms with Crippen LogP contribution in [0.4, 0.5) is 4.39 Å². The van der Waals surface area contributed by atoms with E-state index >= 15 is 0 Å². The van der Waals surface area contributed by atoms with Crippen molar-refractivity contribution in [3.63, 3.8) is 0 Å². The van der Waals surface area contributed by atoms with Gasteiger partial charge in [-0.25, -0.2) is 4.39 Å². The number of rotatable bonds is 3. The van der Waals surface area contributed by atoms with Crippen molar-refractivity contribution in [2.24, 2.45) is 5.92 Å². The Hall–Kier alpha value is -0.940. The molecule has 0 bridgehead atoms. The lowest BCUT2D eigenvalue weighted by Crippen LogP contribution is -2.46. The summed E-state index contributed by atoms with van der Waals surface area (Å²) in [6, 6.07) is 4.23. The molecule has 0 saturated carbocycles.